The van der Waals surface area contributed by atoms with Crippen LogP contribution in [-0.4, -0.2) is 35.9 Å². The molecule has 166 valence electrons. The molecule has 0 saturated carbocycles. The maximum atomic E-state index is 12.2. The highest BCUT2D eigenvalue weighted by atomic mass is 35.5. The Morgan fingerprint density at radius 2 is 2.00 bits per heavy atom. The van der Waals surface area contributed by atoms with Crippen molar-refractivity contribution in [3.63, 3.8) is 0 Å². The number of aryl methyl sites for hydroxylation is 1. The second-order valence-electron chi connectivity index (χ2n) is 6.38. The molecule has 31 heavy (non-hydrogen) atoms. The van der Waals surface area contributed by atoms with E-state index in [-0.39, 0.29) is 6.79 Å². The van der Waals surface area contributed by atoms with Crippen LogP contribution >= 0.6 is 23.2 Å². The monoisotopic (exact) mass is 464 g/mol. The topological polar surface area (TPSA) is 102 Å². The molecule has 0 aliphatic rings. The van der Waals surface area contributed by atoms with Crippen LogP contribution in [0, 0.1) is 6.92 Å². The highest BCUT2D eigenvalue weighted by molar-refractivity contribution is 6.39. The zero-order chi connectivity index (χ0) is 22.6. The lowest BCUT2D eigenvalue weighted by Gasteiger charge is -2.15. The molecule has 0 saturated heterocycles. The molecule has 7 nitrogen and oxygen atoms in total. The van der Waals surface area contributed by atoms with Crippen molar-refractivity contribution in [2.75, 3.05) is 25.3 Å². The number of nitrogens with one attached hydrogen (secondary N) is 2. The molecule has 2 aromatic carbocycles. The number of ether oxygens (including phenoxy) is 2. The minimum atomic E-state index is -0.485. The molecule has 0 amide bonds. The zero-order valence-corrected chi connectivity index (χ0v) is 19.0. The van der Waals surface area contributed by atoms with Crippen molar-refractivity contribution >= 4 is 40.5 Å². The molecule has 1 heterocycles. The Labute approximate surface area is 191 Å². The molecule has 0 aliphatic heterocycles. The molecule has 0 spiro atoms. The molecule has 9 heteroatoms. The van der Waals surface area contributed by atoms with E-state index in [2.05, 4.69) is 15.3 Å². The number of benzene rings is 2. The van der Waals surface area contributed by atoms with Gasteiger partial charge < -0.3 is 25.5 Å². The number of aromatic nitrogens is 2. The quantitative estimate of drug-likeness (QED) is 0.243. The summed E-state index contributed by atoms with van der Waals surface area (Å²) < 4.78 is 10.1. The SMILES string of the molecule is CCOCOC(=O)c1ccccc1Nc1c(Cl)ccc(C)c1Cl.NCCc1cnc[nH]1. The van der Waals surface area contributed by atoms with Gasteiger partial charge in [0.2, 0.25) is 0 Å². The van der Waals surface area contributed by atoms with Crippen LogP contribution in [0.2, 0.25) is 10.0 Å². The van der Waals surface area contributed by atoms with Gasteiger partial charge in [-0.2, -0.15) is 0 Å². The number of imidazole rings is 1. The predicted molar refractivity (Wildman–Crippen MR) is 124 cm³/mol. The molecule has 0 radical (unpaired) electrons. The fourth-order valence-corrected chi connectivity index (χ4v) is 2.97. The van der Waals surface area contributed by atoms with Crippen LogP contribution in [0.15, 0.2) is 48.9 Å². The van der Waals surface area contributed by atoms with E-state index in [1.807, 2.05) is 19.9 Å². The first kappa shape index (κ1) is 24.7. The molecule has 3 aromatic rings. The number of nitrogens with two attached hydrogens (primary N) is 1. The first-order chi connectivity index (χ1) is 15.0. The maximum Gasteiger partial charge on any atom is 0.342 e. The van der Waals surface area contributed by atoms with Crippen LogP contribution in [0.1, 0.15) is 28.5 Å². The van der Waals surface area contributed by atoms with Crippen molar-refractivity contribution in [1.82, 2.24) is 9.97 Å². The number of nitrogens with zero attached hydrogens (tertiary/aromatic N) is 1. The summed E-state index contributed by atoms with van der Waals surface area (Å²) >= 11 is 12.5. The Balaban J connectivity index is 0.000000357. The highest BCUT2D eigenvalue weighted by Crippen LogP contribution is 2.36. The van der Waals surface area contributed by atoms with Crippen LogP contribution in [0.5, 0.6) is 0 Å². The van der Waals surface area contributed by atoms with E-state index >= 15 is 0 Å². The van der Waals surface area contributed by atoms with E-state index in [0.29, 0.717) is 40.1 Å². The van der Waals surface area contributed by atoms with Gasteiger partial charge in [0.05, 0.1) is 33.3 Å². The lowest BCUT2D eigenvalue weighted by Crippen LogP contribution is -2.11. The van der Waals surface area contributed by atoms with Gasteiger partial charge >= 0.3 is 5.97 Å². The van der Waals surface area contributed by atoms with Crippen LogP contribution in [0.3, 0.4) is 0 Å². The predicted octanol–water partition coefficient (Wildman–Crippen LogP) is 5.11. The summed E-state index contributed by atoms with van der Waals surface area (Å²) in [6.45, 7) is 4.77. The number of esters is 1. The van der Waals surface area contributed by atoms with Gasteiger partial charge in [-0.05, 0) is 44.2 Å². The highest BCUT2D eigenvalue weighted by Gasteiger charge is 2.15. The van der Waals surface area contributed by atoms with E-state index in [9.17, 15) is 4.79 Å². The number of carbonyl (C=O) groups excluding carboxylic acids is 1. The Kier molecular flexibility index (Phi) is 10.3. The number of halogens is 2. The van der Waals surface area contributed by atoms with Crippen molar-refractivity contribution in [2.24, 2.45) is 5.73 Å². The molecule has 0 bridgehead atoms. The number of anilines is 2. The first-order valence-corrected chi connectivity index (χ1v) is 10.5. The van der Waals surface area contributed by atoms with Gasteiger partial charge in [-0.25, -0.2) is 9.78 Å². The van der Waals surface area contributed by atoms with Crippen molar-refractivity contribution < 1.29 is 14.3 Å². The number of aromatic amines is 1. The van der Waals surface area contributed by atoms with E-state index in [1.54, 1.807) is 42.9 Å². The normalized spacial score (nSPS) is 10.2. The smallest absolute Gasteiger partial charge is 0.342 e. The summed E-state index contributed by atoms with van der Waals surface area (Å²) in [5, 5.41) is 4.10. The Bertz CT molecular complexity index is 965. The molecule has 1 aromatic heterocycles. The van der Waals surface area contributed by atoms with Gasteiger partial charge in [0.25, 0.3) is 0 Å². The van der Waals surface area contributed by atoms with Gasteiger partial charge in [-0.1, -0.05) is 41.4 Å². The zero-order valence-electron chi connectivity index (χ0n) is 17.5. The average Bonchev–Trinajstić information content (AvgIpc) is 3.28. The standard InChI is InChI=1S/C17H17Cl2NO3.C5H9N3/c1-3-22-10-23-17(21)12-6-4-5-7-14(12)20-16-13(18)9-8-11(2)15(16)19;6-2-1-5-3-7-4-8-5/h4-9,20H,3,10H2,1-2H3;3-4H,1-2,6H2,(H,7,8). The van der Waals surface area contributed by atoms with Gasteiger partial charge in [0.15, 0.2) is 6.79 Å². The Hall–Kier alpha value is -2.58. The van der Waals surface area contributed by atoms with Crippen LogP contribution in [0.25, 0.3) is 0 Å². The van der Waals surface area contributed by atoms with Crippen molar-refractivity contribution in [3.8, 4) is 0 Å². The summed E-state index contributed by atoms with van der Waals surface area (Å²) in [6, 6.07) is 10.6. The van der Waals surface area contributed by atoms with Gasteiger partial charge in [0.1, 0.15) is 0 Å². The van der Waals surface area contributed by atoms with Gasteiger partial charge in [0, 0.05) is 24.9 Å². The lowest BCUT2D eigenvalue weighted by atomic mass is 10.1. The van der Waals surface area contributed by atoms with Crippen molar-refractivity contribution in [1.29, 1.82) is 0 Å². The Morgan fingerprint density at radius 3 is 2.68 bits per heavy atom. The second-order valence-corrected chi connectivity index (χ2v) is 7.17. The third kappa shape index (κ3) is 7.56. The van der Waals surface area contributed by atoms with E-state index in [0.717, 1.165) is 17.7 Å². The Morgan fingerprint density at radius 1 is 1.23 bits per heavy atom. The summed E-state index contributed by atoms with van der Waals surface area (Å²) in [7, 11) is 0. The summed E-state index contributed by atoms with van der Waals surface area (Å²) in [6.07, 6.45) is 4.33. The second kappa shape index (κ2) is 13.0. The van der Waals surface area contributed by atoms with Crippen LogP contribution in [0.4, 0.5) is 11.4 Å². The lowest BCUT2D eigenvalue weighted by molar-refractivity contribution is -0.0273. The van der Waals surface area contributed by atoms with Gasteiger partial charge in [-0.3, -0.25) is 0 Å². The van der Waals surface area contributed by atoms with E-state index in [1.165, 1.54) is 0 Å². The van der Waals surface area contributed by atoms with Crippen LogP contribution in [-0.2, 0) is 15.9 Å². The molecular formula is C22H26Cl2N4O3. The third-order valence-electron chi connectivity index (χ3n) is 4.14. The minimum absolute atomic E-state index is 0.0877. The summed E-state index contributed by atoms with van der Waals surface area (Å²) in [5.41, 5.74) is 8.75. The fraction of sp³-hybridized carbons (Fsp3) is 0.273. The first-order valence-electron chi connectivity index (χ1n) is 9.70. The minimum Gasteiger partial charge on any atom is -0.435 e. The number of hydrogen-bond donors (Lipinski definition) is 3. The molecule has 3 rings (SSSR count). The number of carbonyl (C=O) groups is 1. The number of rotatable bonds is 8. The van der Waals surface area contributed by atoms with E-state index < -0.39 is 5.97 Å². The van der Waals surface area contributed by atoms with Crippen molar-refractivity contribution in [2.45, 2.75) is 20.3 Å². The maximum absolute atomic E-state index is 12.2. The molecule has 0 unspecified atom stereocenters. The van der Waals surface area contributed by atoms with Crippen molar-refractivity contribution in [3.05, 3.63) is 75.8 Å². The third-order valence-corrected chi connectivity index (χ3v) is 4.94. The van der Waals surface area contributed by atoms with Gasteiger partial charge in [-0.15, -0.1) is 0 Å². The summed E-state index contributed by atoms with van der Waals surface area (Å²) in [5.74, 6) is -0.485. The summed E-state index contributed by atoms with van der Waals surface area (Å²) in [4.78, 5) is 18.9. The molecule has 0 fully saturated rings. The molecular weight excluding hydrogens is 439 g/mol. The number of para-hydroxylation sites is 1. The number of hydrogen-bond acceptors (Lipinski definition) is 6. The average molecular weight is 465 g/mol. The molecule has 4 N–H and O–H groups in total. The molecule has 0 atom stereocenters. The largest absolute Gasteiger partial charge is 0.435 e. The number of H-pyrrole nitrogens is 1. The van der Waals surface area contributed by atoms with Crippen LogP contribution < -0.4 is 11.1 Å². The van der Waals surface area contributed by atoms with E-state index in [4.69, 9.17) is 38.4 Å². The fourth-order valence-electron chi connectivity index (χ4n) is 2.51. The molecule has 0 aliphatic carbocycles.